The Morgan fingerprint density at radius 1 is 0.875 bits per heavy atom. The molecular weight excluding hydrogens is 220 g/mol. The Hall–Kier alpha value is -1.55. The highest BCUT2D eigenvalue weighted by atomic mass is 32.2. The van der Waals surface area contributed by atoms with Crippen LogP contribution in [-0.4, -0.2) is 14.2 Å². The molecule has 2 heterocycles. The molecule has 4 heteroatoms. The standard InChI is InChI=1S/C12H12N2OS/c1-9-5-3-7-11(13-9)16(15)12-8-4-6-10(2)14-12/h3-8H,1-2H3. The number of aryl methyl sites for hydroxylation is 2. The molecule has 0 amide bonds. The fourth-order valence-corrected chi connectivity index (χ4v) is 2.42. The van der Waals surface area contributed by atoms with Gasteiger partial charge in [0.05, 0.1) is 0 Å². The first kappa shape index (κ1) is 11.0. The summed E-state index contributed by atoms with van der Waals surface area (Å²) in [5, 5.41) is 1.11. The van der Waals surface area contributed by atoms with Crippen molar-refractivity contribution >= 4 is 10.8 Å². The normalized spacial score (nSPS) is 10.7. The Morgan fingerprint density at radius 3 is 1.69 bits per heavy atom. The van der Waals surface area contributed by atoms with E-state index in [0.717, 1.165) is 11.4 Å². The van der Waals surface area contributed by atoms with Crippen LogP contribution in [0.4, 0.5) is 0 Å². The van der Waals surface area contributed by atoms with Gasteiger partial charge in [-0.15, -0.1) is 0 Å². The fraction of sp³-hybridized carbons (Fsp3) is 0.167. The van der Waals surface area contributed by atoms with Crippen LogP contribution in [0.3, 0.4) is 0 Å². The van der Waals surface area contributed by atoms with Crippen molar-refractivity contribution in [3.63, 3.8) is 0 Å². The highest BCUT2D eigenvalue weighted by Crippen LogP contribution is 2.12. The summed E-state index contributed by atoms with van der Waals surface area (Å²) in [6, 6.07) is 11.0. The minimum Gasteiger partial charge on any atom is -0.246 e. The summed E-state index contributed by atoms with van der Waals surface area (Å²) in [5.41, 5.74) is 1.72. The molecule has 82 valence electrons. The van der Waals surface area contributed by atoms with Crippen LogP contribution in [0.2, 0.25) is 0 Å². The molecule has 2 aromatic heterocycles. The number of hydrogen-bond donors (Lipinski definition) is 0. The van der Waals surface area contributed by atoms with Crippen LogP contribution in [0, 0.1) is 13.8 Å². The minimum atomic E-state index is -1.29. The maximum atomic E-state index is 12.1. The quantitative estimate of drug-likeness (QED) is 0.797. The smallest absolute Gasteiger partial charge is 0.134 e. The molecule has 2 aromatic rings. The van der Waals surface area contributed by atoms with Gasteiger partial charge in [-0.05, 0) is 38.1 Å². The van der Waals surface area contributed by atoms with Crippen molar-refractivity contribution < 1.29 is 4.21 Å². The summed E-state index contributed by atoms with van der Waals surface area (Å²) in [6.07, 6.45) is 0. The van der Waals surface area contributed by atoms with E-state index in [1.165, 1.54) is 0 Å². The van der Waals surface area contributed by atoms with Crippen LogP contribution < -0.4 is 0 Å². The minimum absolute atomic E-state index is 0.554. The predicted octanol–water partition coefficient (Wildman–Crippen LogP) is 2.26. The van der Waals surface area contributed by atoms with Crippen LogP contribution in [0.25, 0.3) is 0 Å². The molecule has 0 fully saturated rings. The first-order valence-electron chi connectivity index (χ1n) is 4.96. The highest BCUT2D eigenvalue weighted by Gasteiger charge is 2.09. The van der Waals surface area contributed by atoms with Crippen LogP contribution in [0.15, 0.2) is 46.5 Å². The molecular formula is C12H12N2OS. The van der Waals surface area contributed by atoms with Gasteiger partial charge in [0.1, 0.15) is 20.9 Å². The Labute approximate surface area is 97.0 Å². The first-order valence-corrected chi connectivity index (χ1v) is 6.11. The Morgan fingerprint density at radius 2 is 1.31 bits per heavy atom. The molecule has 0 unspecified atom stereocenters. The van der Waals surface area contributed by atoms with E-state index < -0.39 is 10.8 Å². The zero-order chi connectivity index (χ0) is 11.5. The molecule has 0 aromatic carbocycles. The molecule has 16 heavy (non-hydrogen) atoms. The van der Waals surface area contributed by atoms with Gasteiger partial charge in [0.15, 0.2) is 0 Å². The molecule has 0 N–H and O–H groups in total. The number of nitrogens with zero attached hydrogens (tertiary/aromatic N) is 2. The van der Waals surface area contributed by atoms with Crippen LogP contribution in [-0.2, 0) is 10.8 Å². The summed E-state index contributed by atoms with van der Waals surface area (Å²) >= 11 is 0. The van der Waals surface area contributed by atoms with Crippen LogP contribution >= 0.6 is 0 Å². The van der Waals surface area contributed by atoms with Gasteiger partial charge in [-0.2, -0.15) is 0 Å². The molecule has 0 aliphatic heterocycles. The third-order valence-electron chi connectivity index (χ3n) is 2.11. The lowest BCUT2D eigenvalue weighted by molar-refractivity contribution is 0.676. The molecule has 0 saturated carbocycles. The third-order valence-corrected chi connectivity index (χ3v) is 3.32. The molecule has 2 rings (SSSR count). The van der Waals surface area contributed by atoms with E-state index in [9.17, 15) is 4.21 Å². The van der Waals surface area contributed by atoms with Crippen molar-refractivity contribution in [2.75, 3.05) is 0 Å². The lowest BCUT2D eigenvalue weighted by Gasteiger charge is -2.02. The lowest BCUT2D eigenvalue weighted by Crippen LogP contribution is -2.00. The second kappa shape index (κ2) is 4.53. The third kappa shape index (κ3) is 2.33. The lowest BCUT2D eigenvalue weighted by atomic mass is 10.4. The maximum absolute atomic E-state index is 12.1. The van der Waals surface area contributed by atoms with E-state index in [4.69, 9.17) is 0 Å². The summed E-state index contributed by atoms with van der Waals surface area (Å²) in [4.78, 5) is 8.48. The molecule has 0 aliphatic rings. The number of rotatable bonds is 2. The number of pyridine rings is 2. The van der Waals surface area contributed by atoms with Gasteiger partial charge in [0, 0.05) is 11.4 Å². The topological polar surface area (TPSA) is 42.9 Å². The van der Waals surface area contributed by atoms with E-state index in [1.807, 2.05) is 38.1 Å². The van der Waals surface area contributed by atoms with Crippen LogP contribution in [0.5, 0.6) is 0 Å². The van der Waals surface area contributed by atoms with Crippen molar-refractivity contribution in [1.29, 1.82) is 0 Å². The van der Waals surface area contributed by atoms with Crippen molar-refractivity contribution in [2.45, 2.75) is 23.9 Å². The fourth-order valence-electron chi connectivity index (χ4n) is 1.35. The van der Waals surface area contributed by atoms with Gasteiger partial charge >= 0.3 is 0 Å². The summed E-state index contributed by atoms with van der Waals surface area (Å²) in [6.45, 7) is 3.76. The van der Waals surface area contributed by atoms with Gasteiger partial charge in [0.25, 0.3) is 0 Å². The van der Waals surface area contributed by atoms with Crippen molar-refractivity contribution in [3.05, 3.63) is 47.8 Å². The number of aromatic nitrogens is 2. The van der Waals surface area contributed by atoms with Crippen LogP contribution in [0.1, 0.15) is 11.4 Å². The summed E-state index contributed by atoms with van der Waals surface area (Å²) < 4.78 is 12.1. The second-order valence-corrected chi connectivity index (χ2v) is 4.88. The molecule has 3 nitrogen and oxygen atoms in total. The number of hydrogen-bond acceptors (Lipinski definition) is 3. The van der Waals surface area contributed by atoms with E-state index in [0.29, 0.717) is 10.1 Å². The van der Waals surface area contributed by atoms with Crippen molar-refractivity contribution in [1.82, 2.24) is 9.97 Å². The molecule has 0 atom stereocenters. The molecule has 0 bridgehead atoms. The molecule has 0 aliphatic carbocycles. The predicted molar refractivity (Wildman–Crippen MR) is 62.6 cm³/mol. The molecule has 0 spiro atoms. The van der Waals surface area contributed by atoms with Gasteiger partial charge in [0.2, 0.25) is 0 Å². The highest BCUT2D eigenvalue weighted by molar-refractivity contribution is 7.84. The average molecular weight is 232 g/mol. The Kier molecular flexibility index (Phi) is 3.10. The first-order chi connectivity index (χ1) is 7.66. The zero-order valence-electron chi connectivity index (χ0n) is 9.18. The zero-order valence-corrected chi connectivity index (χ0v) is 9.99. The summed E-state index contributed by atoms with van der Waals surface area (Å²) in [5.74, 6) is 0. The van der Waals surface area contributed by atoms with Crippen molar-refractivity contribution in [3.8, 4) is 0 Å². The second-order valence-electron chi connectivity index (χ2n) is 3.50. The van der Waals surface area contributed by atoms with E-state index >= 15 is 0 Å². The SMILES string of the molecule is Cc1cccc(S(=O)c2cccc(C)n2)n1. The van der Waals surface area contributed by atoms with E-state index in [-0.39, 0.29) is 0 Å². The largest absolute Gasteiger partial charge is 0.246 e. The monoisotopic (exact) mass is 232 g/mol. The van der Waals surface area contributed by atoms with E-state index in [1.54, 1.807) is 12.1 Å². The van der Waals surface area contributed by atoms with Gasteiger partial charge in [-0.3, -0.25) is 0 Å². The van der Waals surface area contributed by atoms with Gasteiger partial charge in [-0.1, -0.05) is 12.1 Å². The maximum Gasteiger partial charge on any atom is 0.134 e. The molecule has 0 saturated heterocycles. The average Bonchev–Trinajstić information content (AvgIpc) is 2.28. The Balaban J connectivity index is 2.39. The van der Waals surface area contributed by atoms with Gasteiger partial charge in [-0.25, -0.2) is 14.2 Å². The Bertz CT molecular complexity index is 493. The van der Waals surface area contributed by atoms with Gasteiger partial charge < -0.3 is 0 Å². The van der Waals surface area contributed by atoms with Crippen molar-refractivity contribution in [2.24, 2.45) is 0 Å². The van der Waals surface area contributed by atoms with E-state index in [2.05, 4.69) is 9.97 Å². The molecule has 0 radical (unpaired) electrons. The summed E-state index contributed by atoms with van der Waals surface area (Å²) in [7, 11) is -1.29.